The topological polar surface area (TPSA) is 33.6 Å². The lowest BCUT2D eigenvalue weighted by Gasteiger charge is -2.40. The zero-order chi connectivity index (χ0) is 12.4. The molecule has 4 heteroatoms. The van der Waals surface area contributed by atoms with Crippen LogP contribution in [0.15, 0.2) is 4.99 Å². The van der Waals surface area contributed by atoms with Crippen LogP contribution >= 0.6 is 11.8 Å². The number of thioether (sulfide) groups is 1. The molecule has 3 rings (SSSR count). The second-order valence-electron chi connectivity index (χ2n) is 5.97. The summed E-state index contributed by atoms with van der Waals surface area (Å²) in [5.41, 5.74) is 0.0681. The van der Waals surface area contributed by atoms with Crippen LogP contribution in [0.1, 0.15) is 44.9 Å². The van der Waals surface area contributed by atoms with Gasteiger partial charge < -0.3 is 10.1 Å². The maximum absolute atomic E-state index is 5.63. The molecule has 0 aromatic heterocycles. The molecule has 0 radical (unpaired) electrons. The number of hydrogen-bond acceptors (Lipinski definition) is 3. The smallest absolute Gasteiger partial charge is 0.156 e. The summed E-state index contributed by atoms with van der Waals surface area (Å²) in [7, 11) is 1.83. The number of fused-ring (bicyclic) bond motifs is 1. The number of ether oxygens (including phenoxy) is 1. The Bertz CT molecular complexity index is 322. The van der Waals surface area contributed by atoms with E-state index in [2.05, 4.69) is 5.32 Å². The van der Waals surface area contributed by atoms with Crippen LogP contribution in [-0.2, 0) is 4.74 Å². The van der Waals surface area contributed by atoms with Crippen molar-refractivity contribution in [3.63, 3.8) is 0 Å². The highest BCUT2D eigenvalue weighted by molar-refractivity contribution is 8.13. The normalized spacial score (nSPS) is 36.6. The standard InChI is InChI=1S/C14H24N2OS/c1-17-14(7-4-8-14)10-15-13-16-12-6-3-2-5-11(12)9-18-13/h11-12H,2-10H2,1H3,(H,15,16). The quantitative estimate of drug-likeness (QED) is 0.854. The Hall–Kier alpha value is -0.220. The number of nitrogens with zero attached hydrogens (tertiary/aromatic N) is 1. The Morgan fingerprint density at radius 1 is 1.33 bits per heavy atom. The minimum Gasteiger partial charge on any atom is -0.376 e. The lowest BCUT2D eigenvalue weighted by atomic mass is 9.80. The van der Waals surface area contributed by atoms with Crippen LogP contribution in [0.4, 0.5) is 0 Å². The first kappa shape index (κ1) is 12.8. The van der Waals surface area contributed by atoms with Crippen molar-refractivity contribution in [2.75, 3.05) is 19.4 Å². The summed E-state index contributed by atoms with van der Waals surface area (Å²) < 4.78 is 5.63. The average molecular weight is 268 g/mol. The van der Waals surface area contributed by atoms with Gasteiger partial charge in [-0.3, -0.25) is 4.99 Å². The van der Waals surface area contributed by atoms with Crippen LogP contribution in [0.3, 0.4) is 0 Å². The van der Waals surface area contributed by atoms with Gasteiger partial charge in [0.15, 0.2) is 5.17 Å². The van der Waals surface area contributed by atoms with E-state index in [0.717, 1.165) is 12.5 Å². The maximum Gasteiger partial charge on any atom is 0.156 e. The van der Waals surface area contributed by atoms with Crippen molar-refractivity contribution in [3.05, 3.63) is 0 Å². The average Bonchev–Trinajstić information content (AvgIpc) is 2.38. The number of methoxy groups -OCH3 is 1. The number of rotatable bonds is 3. The van der Waals surface area contributed by atoms with E-state index >= 15 is 0 Å². The Morgan fingerprint density at radius 3 is 2.89 bits per heavy atom. The third-order valence-corrected chi connectivity index (χ3v) is 5.98. The molecular weight excluding hydrogens is 244 g/mol. The highest BCUT2D eigenvalue weighted by Gasteiger charge is 2.37. The van der Waals surface area contributed by atoms with Gasteiger partial charge >= 0.3 is 0 Å². The third kappa shape index (κ3) is 2.55. The zero-order valence-electron chi connectivity index (χ0n) is 11.3. The van der Waals surface area contributed by atoms with Gasteiger partial charge in [0.05, 0.1) is 12.1 Å². The van der Waals surface area contributed by atoms with Crippen LogP contribution in [0.2, 0.25) is 0 Å². The summed E-state index contributed by atoms with van der Waals surface area (Å²) >= 11 is 1.92. The highest BCUT2D eigenvalue weighted by atomic mass is 32.2. The first-order chi connectivity index (χ1) is 8.81. The molecule has 2 unspecified atom stereocenters. The summed E-state index contributed by atoms with van der Waals surface area (Å²) in [6, 6.07) is 0.693. The second-order valence-corrected chi connectivity index (χ2v) is 6.98. The van der Waals surface area contributed by atoms with E-state index in [1.54, 1.807) is 0 Å². The fraction of sp³-hybridized carbons (Fsp3) is 0.929. The Kier molecular flexibility index (Phi) is 3.85. The molecule has 3 nitrogen and oxygen atoms in total. The number of hydrogen-bond donors (Lipinski definition) is 1. The molecule has 0 aromatic carbocycles. The Balaban J connectivity index is 1.56. The van der Waals surface area contributed by atoms with Crippen molar-refractivity contribution in [2.24, 2.45) is 10.9 Å². The summed E-state index contributed by atoms with van der Waals surface area (Å²) in [4.78, 5) is 4.78. The first-order valence-electron chi connectivity index (χ1n) is 7.30. The van der Waals surface area contributed by atoms with E-state index in [1.165, 1.54) is 55.9 Å². The SMILES string of the molecule is COC1(CN=C2NC3CCCCC3CS2)CCC1. The van der Waals surface area contributed by atoms with E-state index in [-0.39, 0.29) is 5.60 Å². The fourth-order valence-electron chi connectivity index (χ4n) is 3.29. The molecule has 18 heavy (non-hydrogen) atoms. The predicted octanol–water partition coefficient (Wildman–Crippen LogP) is 2.81. The third-order valence-electron chi connectivity index (χ3n) is 4.86. The van der Waals surface area contributed by atoms with Gasteiger partial charge in [0.25, 0.3) is 0 Å². The van der Waals surface area contributed by atoms with Gasteiger partial charge in [-0.2, -0.15) is 0 Å². The van der Waals surface area contributed by atoms with Crippen LogP contribution in [0.5, 0.6) is 0 Å². The summed E-state index contributed by atoms with van der Waals surface area (Å²) in [5, 5.41) is 4.83. The molecule has 0 aromatic rings. The molecule has 1 heterocycles. The first-order valence-corrected chi connectivity index (χ1v) is 8.29. The molecule has 1 N–H and O–H groups in total. The summed E-state index contributed by atoms with van der Waals surface area (Å²) in [5.74, 6) is 2.14. The van der Waals surface area contributed by atoms with Crippen LogP contribution < -0.4 is 5.32 Å². The Morgan fingerprint density at radius 2 is 2.17 bits per heavy atom. The lowest BCUT2D eigenvalue weighted by Crippen LogP contribution is -2.47. The van der Waals surface area contributed by atoms with E-state index in [9.17, 15) is 0 Å². The van der Waals surface area contributed by atoms with E-state index in [4.69, 9.17) is 9.73 Å². The molecule has 3 aliphatic rings. The predicted molar refractivity (Wildman–Crippen MR) is 77.2 cm³/mol. The van der Waals surface area contributed by atoms with Crippen molar-refractivity contribution in [1.82, 2.24) is 5.32 Å². The van der Waals surface area contributed by atoms with E-state index < -0.39 is 0 Å². The van der Waals surface area contributed by atoms with Gasteiger partial charge in [-0.15, -0.1) is 0 Å². The van der Waals surface area contributed by atoms with Crippen molar-refractivity contribution in [3.8, 4) is 0 Å². The van der Waals surface area contributed by atoms with Crippen molar-refractivity contribution < 1.29 is 4.74 Å². The number of aliphatic imine (C=N–C) groups is 1. The molecule has 0 bridgehead atoms. The van der Waals surface area contributed by atoms with Crippen molar-refractivity contribution in [1.29, 1.82) is 0 Å². The second kappa shape index (κ2) is 5.41. The van der Waals surface area contributed by atoms with Crippen LogP contribution in [0.25, 0.3) is 0 Å². The molecule has 102 valence electrons. The Labute approximate surface area is 114 Å². The van der Waals surface area contributed by atoms with Gasteiger partial charge in [-0.25, -0.2) is 0 Å². The lowest BCUT2D eigenvalue weighted by molar-refractivity contribution is -0.0629. The minimum absolute atomic E-state index is 0.0681. The van der Waals surface area contributed by atoms with Crippen LogP contribution in [0, 0.1) is 5.92 Å². The maximum atomic E-state index is 5.63. The number of nitrogens with one attached hydrogen (secondary N) is 1. The van der Waals surface area contributed by atoms with Gasteiger partial charge in [-0.1, -0.05) is 24.6 Å². The van der Waals surface area contributed by atoms with Gasteiger partial charge in [-0.05, 0) is 38.0 Å². The molecule has 0 amide bonds. The molecule has 2 atom stereocenters. The highest BCUT2D eigenvalue weighted by Crippen LogP contribution is 2.36. The van der Waals surface area contributed by atoms with Gasteiger partial charge in [0.1, 0.15) is 0 Å². The zero-order valence-corrected chi connectivity index (χ0v) is 12.1. The largest absolute Gasteiger partial charge is 0.376 e. The molecule has 1 saturated heterocycles. The van der Waals surface area contributed by atoms with Gasteiger partial charge in [0.2, 0.25) is 0 Å². The molecule has 2 aliphatic carbocycles. The minimum atomic E-state index is 0.0681. The molecule has 1 aliphatic heterocycles. The summed E-state index contributed by atoms with van der Waals surface area (Å²) in [6.45, 7) is 0.843. The molecule has 2 saturated carbocycles. The molecular formula is C14H24N2OS. The monoisotopic (exact) mass is 268 g/mol. The van der Waals surface area contributed by atoms with E-state index in [0.29, 0.717) is 6.04 Å². The van der Waals surface area contributed by atoms with Gasteiger partial charge in [0, 0.05) is 18.9 Å². The molecule has 3 fully saturated rings. The fourth-order valence-corrected chi connectivity index (χ4v) is 4.45. The molecule has 0 spiro atoms. The number of amidine groups is 1. The van der Waals surface area contributed by atoms with Crippen molar-refractivity contribution in [2.45, 2.75) is 56.6 Å². The van der Waals surface area contributed by atoms with Crippen molar-refractivity contribution >= 4 is 16.9 Å². The van der Waals surface area contributed by atoms with E-state index in [1.807, 2.05) is 18.9 Å². The summed E-state index contributed by atoms with van der Waals surface area (Å²) in [6.07, 6.45) is 9.19. The van der Waals surface area contributed by atoms with Crippen LogP contribution in [-0.4, -0.2) is 36.2 Å².